The lowest BCUT2D eigenvalue weighted by molar-refractivity contribution is -0.147. The minimum absolute atomic E-state index is 0.237. The Kier molecular flexibility index (Phi) is 4.84. The molecule has 3 nitrogen and oxygen atoms in total. The molecule has 1 rings (SSSR count). The molecule has 0 spiro atoms. The Bertz CT molecular complexity index is 401. The standard InChI is InChI=1S/C14H20FNO2/c1-14(2,13(17)18)10-16(3)9-8-11-4-6-12(15)7-5-11/h4-7H,8-10H2,1-3H3,(H,17,18). The van der Waals surface area contributed by atoms with E-state index in [-0.39, 0.29) is 5.82 Å². The van der Waals surface area contributed by atoms with E-state index >= 15 is 0 Å². The Labute approximate surface area is 107 Å². The van der Waals surface area contributed by atoms with E-state index in [1.165, 1.54) is 12.1 Å². The van der Waals surface area contributed by atoms with E-state index in [2.05, 4.69) is 0 Å². The minimum Gasteiger partial charge on any atom is -0.481 e. The number of benzene rings is 1. The van der Waals surface area contributed by atoms with E-state index in [9.17, 15) is 9.18 Å². The van der Waals surface area contributed by atoms with E-state index in [0.717, 1.165) is 18.5 Å². The first-order valence-electron chi connectivity index (χ1n) is 5.97. The Morgan fingerprint density at radius 1 is 1.33 bits per heavy atom. The van der Waals surface area contributed by atoms with E-state index in [0.29, 0.717) is 6.54 Å². The lowest BCUT2D eigenvalue weighted by atomic mass is 9.93. The van der Waals surface area contributed by atoms with Crippen molar-refractivity contribution in [1.82, 2.24) is 4.90 Å². The van der Waals surface area contributed by atoms with Gasteiger partial charge in [-0.2, -0.15) is 0 Å². The quantitative estimate of drug-likeness (QED) is 0.846. The molecule has 1 N–H and O–H groups in total. The van der Waals surface area contributed by atoms with Gasteiger partial charge < -0.3 is 10.0 Å². The molecular weight excluding hydrogens is 233 g/mol. The summed E-state index contributed by atoms with van der Waals surface area (Å²) in [5, 5.41) is 9.04. The van der Waals surface area contributed by atoms with Gasteiger partial charge >= 0.3 is 5.97 Å². The first-order valence-corrected chi connectivity index (χ1v) is 5.97. The molecule has 1 aromatic carbocycles. The molecule has 4 heteroatoms. The third-order valence-corrected chi connectivity index (χ3v) is 2.94. The Morgan fingerprint density at radius 2 is 1.89 bits per heavy atom. The summed E-state index contributed by atoms with van der Waals surface area (Å²) in [6.45, 7) is 4.67. The number of likely N-dealkylation sites (N-methyl/N-ethyl adjacent to an activating group) is 1. The summed E-state index contributed by atoms with van der Waals surface area (Å²) in [7, 11) is 1.90. The topological polar surface area (TPSA) is 40.5 Å². The zero-order chi connectivity index (χ0) is 13.8. The molecule has 1 aromatic rings. The van der Waals surface area contributed by atoms with Crippen molar-refractivity contribution in [3.63, 3.8) is 0 Å². The Hall–Kier alpha value is -1.42. The number of hydrogen-bond acceptors (Lipinski definition) is 2. The van der Waals surface area contributed by atoms with Crippen molar-refractivity contribution in [2.75, 3.05) is 20.1 Å². The van der Waals surface area contributed by atoms with E-state index < -0.39 is 11.4 Å². The van der Waals surface area contributed by atoms with Crippen LogP contribution in [0.3, 0.4) is 0 Å². The number of carboxylic acids is 1. The second-order valence-electron chi connectivity index (χ2n) is 5.30. The Balaban J connectivity index is 2.44. The smallest absolute Gasteiger partial charge is 0.310 e. The number of hydrogen-bond donors (Lipinski definition) is 1. The van der Waals surface area contributed by atoms with Crippen LogP contribution in [0, 0.1) is 11.2 Å². The maximum atomic E-state index is 12.7. The number of rotatable bonds is 6. The van der Waals surface area contributed by atoms with Crippen LogP contribution >= 0.6 is 0 Å². The van der Waals surface area contributed by atoms with Gasteiger partial charge in [-0.15, -0.1) is 0 Å². The molecule has 100 valence electrons. The third-order valence-electron chi connectivity index (χ3n) is 2.94. The molecule has 0 fully saturated rings. The summed E-state index contributed by atoms with van der Waals surface area (Å²) in [6, 6.07) is 6.39. The predicted molar refractivity (Wildman–Crippen MR) is 69.0 cm³/mol. The van der Waals surface area contributed by atoms with Crippen molar-refractivity contribution in [2.24, 2.45) is 5.41 Å². The molecule has 0 heterocycles. The molecule has 0 aliphatic heterocycles. The summed E-state index contributed by atoms with van der Waals surface area (Å²) in [6.07, 6.45) is 0.784. The van der Waals surface area contributed by atoms with Crippen molar-refractivity contribution < 1.29 is 14.3 Å². The molecule has 0 bridgehead atoms. The van der Waals surface area contributed by atoms with Crippen molar-refractivity contribution in [1.29, 1.82) is 0 Å². The lowest BCUT2D eigenvalue weighted by Crippen LogP contribution is -2.38. The molecule has 0 aliphatic rings. The Morgan fingerprint density at radius 3 is 2.39 bits per heavy atom. The molecule has 0 radical (unpaired) electrons. The summed E-state index contributed by atoms with van der Waals surface area (Å²) >= 11 is 0. The zero-order valence-electron chi connectivity index (χ0n) is 11.1. The molecule has 0 atom stereocenters. The molecule has 18 heavy (non-hydrogen) atoms. The van der Waals surface area contributed by atoms with Gasteiger partial charge in [-0.3, -0.25) is 4.79 Å². The fourth-order valence-electron chi connectivity index (χ4n) is 1.79. The van der Waals surface area contributed by atoms with Gasteiger partial charge in [-0.25, -0.2) is 4.39 Å². The highest BCUT2D eigenvalue weighted by atomic mass is 19.1. The van der Waals surface area contributed by atoms with Gasteiger partial charge in [0.25, 0.3) is 0 Å². The minimum atomic E-state index is -0.795. The second kappa shape index (κ2) is 5.96. The third kappa shape index (κ3) is 4.45. The summed E-state index contributed by atoms with van der Waals surface area (Å²) in [5.74, 6) is -1.03. The highest BCUT2D eigenvalue weighted by Crippen LogP contribution is 2.16. The van der Waals surface area contributed by atoms with Crippen LogP contribution in [0.4, 0.5) is 4.39 Å². The number of carbonyl (C=O) groups is 1. The maximum absolute atomic E-state index is 12.7. The van der Waals surface area contributed by atoms with Gasteiger partial charge in [0, 0.05) is 13.1 Å². The predicted octanol–water partition coefficient (Wildman–Crippen LogP) is 2.41. The van der Waals surface area contributed by atoms with Gasteiger partial charge in [-0.1, -0.05) is 12.1 Å². The molecule has 0 aromatic heterocycles. The van der Waals surface area contributed by atoms with Crippen LogP contribution in [0.25, 0.3) is 0 Å². The molecule has 0 saturated carbocycles. The number of carboxylic acid groups (broad SMARTS) is 1. The zero-order valence-corrected chi connectivity index (χ0v) is 11.1. The largest absolute Gasteiger partial charge is 0.481 e. The fourth-order valence-corrected chi connectivity index (χ4v) is 1.79. The van der Waals surface area contributed by atoms with E-state index in [1.54, 1.807) is 26.0 Å². The van der Waals surface area contributed by atoms with Crippen molar-refractivity contribution in [2.45, 2.75) is 20.3 Å². The average molecular weight is 253 g/mol. The van der Waals surface area contributed by atoms with Crippen LogP contribution < -0.4 is 0 Å². The highest BCUT2D eigenvalue weighted by Gasteiger charge is 2.28. The lowest BCUT2D eigenvalue weighted by Gasteiger charge is -2.26. The van der Waals surface area contributed by atoms with Crippen LogP contribution in [0.5, 0.6) is 0 Å². The normalized spacial score (nSPS) is 11.8. The molecule has 0 aliphatic carbocycles. The second-order valence-corrected chi connectivity index (χ2v) is 5.30. The van der Waals surface area contributed by atoms with Gasteiger partial charge in [-0.05, 0) is 45.0 Å². The molecule has 0 saturated heterocycles. The fraction of sp³-hybridized carbons (Fsp3) is 0.500. The van der Waals surface area contributed by atoms with Crippen LogP contribution in [-0.2, 0) is 11.2 Å². The van der Waals surface area contributed by atoms with Crippen LogP contribution in [0.15, 0.2) is 24.3 Å². The van der Waals surface area contributed by atoms with Gasteiger partial charge in [0.15, 0.2) is 0 Å². The van der Waals surface area contributed by atoms with Crippen LogP contribution in [0.1, 0.15) is 19.4 Å². The molecule has 0 amide bonds. The average Bonchev–Trinajstić information content (AvgIpc) is 2.27. The molecular formula is C14H20FNO2. The van der Waals surface area contributed by atoms with Crippen molar-refractivity contribution in [3.05, 3.63) is 35.6 Å². The SMILES string of the molecule is CN(CCc1ccc(F)cc1)CC(C)(C)C(=O)O. The first-order chi connectivity index (χ1) is 8.31. The summed E-state index contributed by atoms with van der Waals surface area (Å²) in [5.41, 5.74) is 0.300. The first kappa shape index (κ1) is 14.6. The van der Waals surface area contributed by atoms with Gasteiger partial charge in [0.1, 0.15) is 5.82 Å². The van der Waals surface area contributed by atoms with E-state index in [4.69, 9.17) is 5.11 Å². The van der Waals surface area contributed by atoms with Crippen LogP contribution in [0.2, 0.25) is 0 Å². The number of aliphatic carboxylic acids is 1. The van der Waals surface area contributed by atoms with Gasteiger partial charge in [0.2, 0.25) is 0 Å². The summed E-state index contributed by atoms with van der Waals surface area (Å²) in [4.78, 5) is 13.0. The monoisotopic (exact) mass is 253 g/mol. The summed E-state index contributed by atoms with van der Waals surface area (Å²) < 4.78 is 12.7. The van der Waals surface area contributed by atoms with Crippen LogP contribution in [-0.4, -0.2) is 36.1 Å². The van der Waals surface area contributed by atoms with Crippen molar-refractivity contribution >= 4 is 5.97 Å². The number of nitrogens with zero attached hydrogens (tertiary/aromatic N) is 1. The van der Waals surface area contributed by atoms with E-state index in [1.807, 2.05) is 11.9 Å². The van der Waals surface area contributed by atoms with Crippen molar-refractivity contribution in [3.8, 4) is 0 Å². The number of halogens is 1. The highest BCUT2D eigenvalue weighted by molar-refractivity contribution is 5.73. The maximum Gasteiger partial charge on any atom is 0.310 e. The van der Waals surface area contributed by atoms with Gasteiger partial charge in [0.05, 0.1) is 5.41 Å². The molecule has 0 unspecified atom stereocenters.